The number of aryl methyl sites for hydroxylation is 2. The van der Waals surface area contributed by atoms with Gasteiger partial charge in [0.2, 0.25) is 0 Å². The van der Waals surface area contributed by atoms with Crippen molar-refractivity contribution in [2.75, 3.05) is 44.3 Å². The fourth-order valence-electron chi connectivity index (χ4n) is 4.21. The number of para-hydroxylation sites is 1. The van der Waals surface area contributed by atoms with E-state index < -0.39 is 0 Å². The highest BCUT2D eigenvalue weighted by atomic mass is 32.1. The van der Waals surface area contributed by atoms with Crippen molar-refractivity contribution in [2.24, 2.45) is 0 Å². The third-order valence-electron chi connectivity index (χ3n) is 5.94. The molecule has 172 valence electrons. The van der Waals surface area contributed by atoms with Gasteiger partial charge in [-0.25, -0.2) is 4.98 Å². The molecule has 0 aliphatic carbocycles. The average Bonchev–Trinajstić information content (AvgIpc) is 3.40. The van der Waals surface area contributed by atoms with Gasteiger partial charge >= 0.3 is 0 Å². The lowest BCUT2D eigenvalue weighted by Gasteiger charge is -2.27. The van der Waals surface area contributed by atoms with Crippen LogP contribution in [0.3, 0.4) is 0 Å². The molecule has 1 saturated heterocycles. The van der Waals surface area contributed by atoms with Crippen LogP contribution in [0.4, 0.5) is 5.13 Å². The maximum atomic E-state index is 13.6. The average molecular weight is 456 g/mol. The van der Waals surface area contributed by atoms with Crippen LogP contribution in [0.2, 0.25) is 0 Å². The van der Waals surface area contributed by atoms with Gasteiger partial charge in [0.1, 0.15) is 0 Å². The van der Waals surface area contributed by atoms with Gasteiger partial charge in [0.25, 0.3) is 5.91 Å². The van der Waals surface area contributed by atoms with Crippen LogP contribution in [-0.2, 0) is 11.2 Å². The molecule has 1 aliphatic rings. The Labute approximate surface area is 194 Å². The summed E-state index contributed by atoms with van der Waals surface area (Å²) >= 11 is 1.59. The maximum Gasteiger partial charge on any atom is 0.280 e. The highest BCUT2D eigenvalue weighted by Crippen LogP contribution is 2.32. The van der Waals surface area contributed by atoms with E-state index in [1.54, 1.807) is 11.3 Å². The van der Waals surface area contributed by atoms with E-state index in [0.29, 0.717) is 12.2 Å². The Balaban J connectivity index is 1.61. The van der Waals surface area contributed by atoms with Crippen molar-refractivity contribution in [2.45, 2.75) is 46.6 Å². The lowest BCUT2D eigenvalue weighted by atomic mass is 10.1. The minimum absolute atomic E-state index is 0.0772. The Kier molecular flexibility index (Phi) is 7.23. The van der Waals surface area contributed by atoms with E-state index in [1.165, 1.54) is 5.56 Å². The molecule has 4 rings (SSSR count). The third-order valence-corrected chi connectivity index (χ3v) is 6.98. The van der Waals surface area contributed by atoms with Gasteiger partial charge in [-0.3, -0.25) is 19.3 Å². The Hall–Kier alpha value is -2.29. The van der Waals surface area contributed by atoms with Crippen LogP contribution < -0.4 is 4.90 Å². The van der Waals surface area contributed by atoms with E-state index in [0.717, 1.165) is 66.7 Å². The lowest BCUT2D eigenvalue weighted by molar-refractivity contribution is 0.0376. The number of hydrogen-bond acceptors (Lipinski definition) is 6. The molecule has 3 aromatic rings. The zero-order valence-corrected chi connectivity index (χ0v) is 20.3. The molecule has 0 unspecified atom stereocenters. The number of aromatic nitrogens is 3. The molecule has 0 N–H and O–H groups in total. The number of carbonyl (C=O) groups excluding carboxylic acids is 1. The topological polar surface area (TPSA) is 63.5 Å². The van der Waals surface area contributed by atoms with E-state index in [4.69, 9.17) is 9.72 Å². The molecule has 2 aromatic heterocycles. The Morgan fingerprint density at radius 2 is 2.06 bits per heavy atom. The van der Waals surface area contributed by atoms with E-state index in [2.05, 4.69) is 49.0 Å². The first-order valence-corrected chi connectivity index (χ1v) is 12.4. The number of carbonyl (C=O) groups is 1. The Morgan fingerprint density at radius 1 is 1.28 bits per heavy atom. The zero-order valence-electron chi connectivity index (χ0n) is 19.5. The summed E-state index contributed by atoms with van der Waals surface area (Å²) in [6.07, 6.45) is 1.80. The summed E-state index contributed by atoms with van der Waals surface area (Å²) in [5, 5.41) is 5.37. The van der Waals surface area contributed by atoms with Crippen molar-refractivity contribution >= 4 is 32.6 Å². The van der Waals surface area contributed by atoms with Crippen molar-refractivity contribution < 1.29 is 9.53 Å². The van der Waals surface area contributed by atoms with Crippen molar-refractivity contribution in [1.29, 1.82) is 0 Å². The number of amides is 1. The number of benzene rings is 1. The molecule has 0 spiro atoms. The molecule has 1 aromatic carbocycles. The van der Waals surface area contributed by atoms with Crippen molar-refractivity contribution in [3.05, 3.63) is 41.2 Å². The molecule has 8 heteroatoms. The van der Waals surface area contributed by atoms with Crippen LogP contribution in [0, 0.1) is 6.92 Å². The molecule has 1 fully saturated rings. The van der Waals surface area contributed by atoms with Gasteiger partial charge in [-0.1, -0.05) is 30.4 Å². The predicted octanol–water partition coefficient (Wildman–Crippen LogP) is 4.31. The molecular formula is C24H33N5O2S. The fraction of sp³-hybridized carbons (Fsp3) is 0.542. The summed E-state index contributed by atoms with van der Waals surface area (Å²) in [7, 11) is 0. The lowest BCUT2D eigenvalue weighted by Crippen LogP contribution is -2.39. The van der Waals surface area contributed by atoms with E-state index in [9.17, 15) is 4.79 Å². The molecule has 0 atom stereocenters. The molecule has 3 heterocycles. The second kappa shape index (κ2) is 10.1. The number of ether oxygens (including phenoxy) is 1. The summed E-state index contributed by atoms with van der Waals surface area (Å²) < 4.78 is 8.48. The van der Waals surface area contributed by atoms with Crippen molar-refractivity contribution in [3.8, 4) is 0 Å². The molecule has 0 saturated carbocycles. The first-order chi connectivity index (χ1) is 15.5. The minimum atomic E-state index is -0.0772. The summed E-state index contributed by atoms with van der Waals surface area (Å²) in [5.74, 6) is -0.0772. The summed E-state index contributed by atoms with van der Waals surface area (Å²) in [6.45, 7) is 13.3. The van der Waals surface area contributed by atoms with Crippen molar-refractivity contribution in [1.82, 2.24) is 19.7 Å². The minimum Gasteiger partial charge on any atom is -0.379 e. The first-order valence-electron chi connectivity index (χ1n) is 11.5. The number of rotatable bonds is 8. The molecular weight excluding hydrogens is 422 g/mol. The van der Waals surface area contributed by atoms with E-state index in [1.807, 2.05) is 22.6 Å². The van der Waals surface area contributed by atoms with Crippen LogP contribution >= 0.6 is 11.3 Å². The normalized spacial score (nSPS) is 15.0. The molecule has 0 radical (unpaired) electrons. The molecule has 0 bridgehead atoms. The van der Waals surface area contributed by atoms with Gasteiger partial charge in [-0.15, -0.1) is 0 Å². The monoisotopic (exact) mass is 455 g/mol. The zero-order chi connectivity index (χ0) is 22.7. The first kappa shape index (κ1) is 22.9. The van der Waals surface area contributed by atoms with Crippen LogP contribution in [0.15, 0.2) is 24.3 Å². The van der Waals surface area contributed by atoms with Gasteiger partial charge < -0.3 is 4.74 Å². The smallest absolute Gasteiger partial charge is 0.280 e. The van der Waals surface area contributed by atoms with Crippen LogP contribution in [0.25, 0.3) is 10.2 Å². The van der Waals surface area contributed by atoms with Gasteiger partial charge in [0.15, 0.2) is 10.8 Å². The third kappa shape index (κ3) is 4.87. The number of hydrogen-bond donors (Lipinski definition) is 0. The summed E-state index contributed by atoms with van der Waals surface area (Å²) in [4.78, 5) is 22.8. The highest BCUT2D eigenvalue weighted by molar-refractivity contribution is 7.22. The maximum absolute atomic E-state index is 13.6. The van der Waals surface area contributed by atoms with Crippen LogP contribution in [0.5, 0.6) is 0 Å². The van der Waals surface area contributed by atoms with Gasteiger partial charge in [-0.2, -0.15) is 5.10 Å². The van der Waals surface area contributed by atoms with Crippen LogP contribution in [-0.4, -0.2) is 65.0 Å². The number of fused-ring (bicyclic) bond motifs is 1. The summed E-state index contributed by atoms with van der Waals surface area (Å²) in [5.41, 5.74) is 3.70. The quantitative estimate of drug-likeness (QED) is 0.506. The van der Waals surface area contributed by atoms with Crippen molar-refractivity contribution in [3.63, 3.8) is 0 Å². The number of morpholine rings is 1. The number of nitrogens with zero attached hydrogens (tertiary/aromatic N) is 5. The largest absolute Gasteiger partial charge is 0.379 e. The van der Waals surface area contributed by atoms with E-state index in [-0.39, 0.29) is 11.9 Å². The Bertz CT molecular complexity index is 1070. The standard InChI is InChI=1S/C24H33N5O2S/c1-5-19-8-6-9-21-22(19)25-24(32-21)28(11-7-10-27-12-14-31-15-13-27)23(30)20-16-18(4)29(26-20)17(2)3/h6,8-9,16-17H,5,7,10-15H2,1-4H3. The molecule has 1 amide bonds. The molecule has 32 heavy (non-hydrogen) atoms. The second-order valence-corrected chi connectivity index (χ2v) is 9.60. The Morgan fingerprint density at radius 3 is 2.75 bits per heavy atom. The predicted molar refractivity (Wildman–Crippen MR) is 130 cm³/mol. The fourth-order valence-corrected chi connectivity index (χ4v) is 5.25. The number of anilines is 1. The van der Waals surface area contributed by atoms with Crippen LogP contribution in [0.1, 0.15) is 55.0 Å². The molecule has 1 aliphatic heterocycles. The number of thiazole rings is 1. The van der Waals surface area contributed by atoms with Gasteiger partial charge in [0.05, 0.1) is 23.4 Å². The van der Waals surface area contributed by atoms with Gasteiger partial charge in [0, 0.05) is 37.9 Å². The van der Waals surface area contributed by atoms with E-state index >= 15 is 0 Å². The SMILES string of the molecule is CCc1cccc2sc(N(CCCN3CCOCC3)C(=O)c3cc(C)n(C(C)C)n3)nc12. The second-order valence-electron chi connectivity index (χ2n) is 8.59. The highest BCUT2D eigenvalue weighted by Gasteiger charge is 2.25. The van der Waals surface area contributed by atoms with Gasteiger partial charge in [-0.05, 0) is 51.3 Å². The molecule has 7 nitrogen and oxygen atoms in total. The summed E-state index contributed by atoms with van der Waals surface area (Å²) in [6, 6.07) is 8.37.